The van der Waals surface area contributed by atoms with Gasteiger partial charge in [0.05, 0.1) is 5.02 Å². The summed E-state index contributed by atoms with van der Waals surface area (Å²) < 4.78 is 14.0. The molecule has 1 aliphatic carbocycles. The van der Waals surface area contributed by atoms with E-state index in [2.05, 4.69) is 29.6 Å². The highest BCUT2D eigenvalue weighted by Crippen LogP contribution is 2.50. The van der Waals surface area contributed by atoms with Gasteiger partial charge in [-0.3, -0.25) is 0 Å². The number of hydrogen-bond acceptors (Lipinski definition) is 1. The van der Waals surface area contributed by atoms with Crippen LogP contribution in [0.3, 0.4) is 0 Å². The minimum absolute atomic E-state index is 0.206. The first kappa shape index (κ1) is 14.6. The smallest absolute Gasteiger partial charge is 0.145 e. The Morgan fingerprint density at radius 2 is 1.95 bits per heavy atom. The van der Waals surface area contributed by atoms with Crippen LogP contribution in [0.4, 0.5) is 4.39 Å². The fourth-order valence-corrected chi connectivity index (χ4v) is 3.35. The lowest BCUT2D eigenvalue weighted by Gasteiger charge is -2.17. The zero-order valence-corrected chi connectivity index (χ0v) is 12.8. The molecule has 3 heteroatoms. The molecule has 110 valence electrons. The van der Waals surface area contributed by atoms with Crippen LogP contribution >= 0.6 is 11.6 Å². The van der Waals surface area contributed by atoms with Crippen molar-refractivity contribution in [3.05, 3.63) is 70.5 Å². The standard InChI is InChI=1S/C18H19ClFN/c1-21-17(10-13-8-5-9-16(19)18(13)20)15-11-14(15)12-6-3-2-4-7-12/h2-9,14-15,17,21H,10-11H2,1H3. The summed E-state index contributed by atoms with van der Waals surface area (Å²) in [5.74, 6) is 0.873. The maximum atomic E-state index is 14.0. The first-order valence-corrected chi connectivity index (χ1v) is 7.73. The van der Waals surface area contributed by atoms with Crippen molar-refractivity contribution >= 4 is 11.6 Å². The van der Waals surface area contributed by atoms with Gasteiger partial charge >= 0.3 is 0 Å². The number of likely N-dealkylation sites (N-methyl/N-ethyl adjacent to an activating group) is 1. The summed E-state index contributed by atoms with van der Waals surface area (Å²) >= 11 is 5.86. The van der Waals surface area contributed by atoms with Crippen LogP contribution in [0.5, 0.6) is 0 Å². The molecule has 1 aliphatic rings. The third kappa shape index (κ3) is 3.12. The van der Waals surface area contributed by atoms with Crippen LogP contribution in [0, 0.1) is 11.7 Å². The van der Waals surface area contributed by atoms with Gasteiger partial charge in [-0.1, -0.05) is 54.1 Å². The Morgan fingerprint density at radius 1 is 1.19 bits per heavy atom. The number of hydrogen-bond donors (Lipinski definition) is 1. The third-order valence-electron chi connectivity index (χ3n) is 4.43. The quantitative estimate of drug-likeness (QED) is 0.862. The van der Waals surface area contributed by atoms with Crippen LogP contribution in [0.1, 0.15) is 23.5 Å². The number of benzene rings is 2. The van der Waals surface area contributed by atoms with Gasteiger partial charge in [0.15, 0.2) is 0 Å². The van der Waals surface area contributed by atoms with E-state index in [-0.39, 0.29) is 16.9 Å². The van der Waals surface area contributed by atoms with Gasteiger partial charge in [-0.25, -0.2) is 4.39 Å². The van der Waals surface area contributed by atoms with Crippen molar-refractivity contribution in [2.24, 2.45) is 5.92 Å². The average Bonchev–Trinajstić information content (AvgIpc) is 3.30. The Balaban J connectivity index is 1.71. The average molecular weight is 304 g/mol. The van der Waals surface area contributed by atoms with Crippen molar-refractivity contribution in [3.8, 4) is 0 Å². The van der Waals surface area contributed by atoms with Gasteiger partial charge in [0.2, 0.25) is 0 Å². The second-order valence-electron chi connectivity index (χ2n) is 5.73. The molecule has 3 unspecified atom stereocenters. The van der Waals surface area contributed by atoms with Crippen molar-refractivity contribution < 1.29 is 4.39 Å². The molecule has 0 bridgehead atoms. The van der Waals surface area contributed by atoms with Crippen molar-refractivity contribution in [3.63, 3.8) is 0 Å². The van der Waals surface area contributed by atoms with E-state index in [0.29, 0.717) is 23.8 Å². The molecular formula is C18H19ClFN. The first-order chi connectivity index (χ1) is 10.2. The molecular weight excluding hydrogens is 285 g/mol. The van der Waals surface area contributed by atoms with Crippen molar-refractivity contribution in [1.82, 2.24) is 5.32 Å². The number of rotatable bonds is 5. The predicted octanol–water partition coefficient (Wildman–Crippen LogP) is 4.41. The van der Waals surface area contributed by atoms with E-state index in [4.69, 9.17) is 11.6 Å². The van der Waals surface area contributed by atoms with E-state index in [9.17, 15) is 4.39 Å². The monoisotopic (exact) mass is 303 g/mol. The Labute approximate surface area is 130 Å². The van der Waals surface area contributed by atoms with Crippen LogP contribution in [0.15, 0.2) is 48.5 Å². The predicted molar refractivity (Wildman–Crippen MR) is 85.3 cm³/mol. The summed E-state index contributed by atoms with van der Waals surface area (Å²) in [4.78, 5) is 0. The lowest BCUT2D eigenvalue weighted by atomic mass is 9.98. The van der Waals surface area contributed by atoms with E-state index in [1.165, 1.54) is 5.56 Å². The van der Waals surface area contributed by atoms with Gasteiger partial charge in [0.25, 0.3) is 0 Å². The molecule has 1 nitrogen and oxygen atoms in total. The number of halogens is 2. The summed E-state index contributed by atoms with van der Waals surface area (Å²) in [7, 11) is 1.95. The molecule has 0 aromatic heterocycles. The van der Waals surface area contributed by atoms with Gasteiger partial charge < -0.3 is 5.32 Å². The normalized spacial score (nSPS) is 22.0. The van der Waals surface area contributed by atoms with E-state index in [0.717, 1.165) is 6.42 Å². The highest BCUT2D eigenvalue weighted by atomic mass is 35.5. The molecule has 0 radical (unpaired) electrons. The second kappa shape index (κ2) is 6.17. The van der Waals surface area contributed by atoms with E-state index >= 15 is 0 Å². The minimum atomic E-state index is -0.281. The third-order valence-corrected chi connectivity index (χ3v) is 4.72. The van der Waals surface area contributed by atoms with Crippen LogP contribution in [-0.2, 0) is 6.42 Å². The zero-order chi connectivity index (χ0) is 14.8. The van der Waals surface area contributed by atoms with Crippen LogP contribution in [0.25, 0.3) is 0 Å². The maximum Gasteiger partial charge on any atom is 0.145 e. The Bertz CT molecular complexity index is 614. The van der Waals surface area contributed by atoms with Crippen molar-refractivity contribution in [2.45, 2.75) is 24.8 Å². The van der Waals surface area contributed by atoms with Crippen molar-refractivity contribution in [2.75, 3.05) is 7.05 Å². The topological polar surface area (TPSA) is 12.0 Å². The molecule has 1 N–H and O–H groups in total. The highest BCUT2D eigenvalue weighted by molar-refractivity contribution is 6.30. The van der Waals surface area contributed by atoms with Gasteiger partial charge in [0, 0.05) is 6.04 Å². The molecule has 0 saturated heterocycles. The van der Waals surface area contributed by atoms with Crippen LogP contribution in [-0.4, -0.2) is 13.1 Å². The van der Waals surface area contributed by atoms with Crippen LogP contribution < -0.4 is 5.32 Å². The lowest BCUT2D eigenvalue weighted by molar-refractivity contribution is 0.479. The van der Waals surface area contributed by atoms with Crippen LogP contribution in [0.2, 0.25) is 5.02 Å². The summed E-state index contributed by atoms with van der Waals surface area (Å²) in [6.45, 7) is 0. The molecule has 0 aliphatic heterocycles. The van der Waals surface area contributed by atoms with E-state index in [1.807, 2.05) is 25.2 Å². The Kier molecular flexibility index (Phi) is 4.27. The molecule has 3 rings (SSSR count). The molecule has 2 aromatic carbocycles. The first-order valence-electron chi connectivity index (χ1n) is 7.35. The van der Waals surface area contributed by atoms with Gasteiger partial charge in [-0.2, -0.15) is 0 Å². The molecule has 0 spiro atoms. The summed E-state index contributed by atoms with van der Waals surface area (Å²) in [6, 6.07) is 16.1. The van der Waals surface area contributed by atoms with Gasteiger partial charge in [-0.15, -0.1) is 0 Å². The molecule has 1 saturated carbocycles. The molecule has 0 amide bonds. The zero-order valence-electron chi connectivity index (χ0n) is 12.0. The SMILES string of the molecule is CNC(Cc1cccc(Cl)c1F)C1CC1c1ccccc1. The molecule has 2 aromatic rings. The maximum absolute atomic E-state index is 14.0. The summed E-state index contributed by atoms with van der Waals surface area (Å²) in [5, 5.41) is 3.56. The fraction of sp³-hybridized carbons (Fsp3) is 0.333. The van der Waals surface area contributed by atoms with Gasteiger partial charge in [0.1, 0.15) is 5.82 Å². The Hall–Kier alpha value is -1.38. The molecule has 3 atom stereocenters. The largest absolute Gasteiger partial charge is 0.316 e. The second-order valence-corrected chi connectivity index (χ2v) is 6.14. The fourth-order valence-electron chi connectivity index (χ4n) is 3.15. The summed E-state index contributed by atoms with van der Waals surface area (Å²) in [5.41, 5.74) is 2.08. The molecule has 21 heavy (non-hydrogen) atoms. The molecule has 1 fully saturated rings. The molecule has 0 heterocycles. The van der Waals surface area contributed by atoms with Gasteiger partial charge in [-0.05, 0) is 48.9 Å². The van der Waals surface area contributed by atoms with E-state index in [1.54, 1.807) is 6.07 Å². The Morgan fingerprint density at radius 3 is 2.67 bits per heavy atom. The van der Waals surface area contributed by atoms with E-state index < -0.39 is 0 Å². The highest BCUT2D eigenvalue weighted by Gasteiger charge is 2.43. The lowest BCUT2D eigenvalue weighted by Crippen LogP contribution is -2.30. The summed E-state index contributed by atoms with van der Waals surface area (Å²) in [6.07, 6.45) is 1.84. The number of nitrogens with one attached hydrogen (secondary N) is 1. The minimum Gasteiger partial charge on any atom is -0.316 e. The van der Waals surface area contributed by atoms with Crippen molar-refractivity contribution in [1.29, 1.82) is 0 Å².